The highest BCUT2D eigenvalue weighted by molar-refractivity contribution is 5.98. The van der Waals surface area contributed by atoms with Crippen LogP contribution in [0.25, 0.3) is 0 Å². The van der Waals surface area contributed by atoms with E-state index in [1.54, 1.807) is 43.3 Å². The molecular formula is C24H22FNO2. The molecule has 0 aromatic heterocycles. The van der Waals surface area contributed by atoms with E-state index in [-0.39, 0.29) is 23.9 Å². The fraction of sp³-hybridized carbons (Fsp3) is 0.167. The molecule has 1 atom stereocenters. The van der Waals surface area contributed by atoms with E-state index in [4.69, 9.17) is 0 Å². The van der Waals surface area contributed by atoms with Gasteiger partial charge in [-0.3, -0.25) is 9.59 Å². The van der Waals surface area contributed by atoms with Crippen LogP contribution in [0.4, 0.5) is 4.39 Å². The number of ketones is 1. The van der Waals surface area contributed by atoms with Crippen molar-refractivity contribution in [1.82, 2.24) is 5.32 Å². The van der Waals surface area contributed by atoms with Crippen LogP contribution in [0.2, 0.25) is 0 Å². The highest BCUT2D eigenvalue weighted by Crippen LogP contribution is 2.15. The third-order valence-electron chi connectivity index (χ3n) is 4.76. The van der Waals surface area contributed by atoms with Crippen molar-refractivity contribution in [2.75, 3.05) is 0 Å². The number of Topliss-reactive ketones (excluding diaryl/α,β-unsaturated/α-hetero) is 1. The van der Waals surface area contributed by atoms with Gasteiger partial charge >= 0.3 is 0 Å². The minimum atomic E-state index is -0.697. The molecule has 0 saturated heterocycles. The summed E-state index contributed by atoms with van der Waals surface area (Å²) in [7, 11) is 0. The summed E-state index contributed by atoms with van der Waals surface area (Å²) in [4.78, 5) is 25.6. The minimum Gasteiger partial charge on any atom is -0.342 e. The van der Waals surface area contributed by atoms with Crippen LogP contribution >= 0.6 is 0 Å². The Balaban J connectivity index is 1.81. The summed E-state index contributed by atoms with van der Waals surface area (Å²) < 4.78 is 13.8. The van der Waals surface area contributed by atoms with Gasteiger partial charge in [0, 0.05) is 12.0 Å². The largest absolute Gasteiger partial charge is 0.342 e. The number of hydrogen-bond donors (Lipinski definition) is 1. The van der Waals surface area contributed by atoms with E-state index in [0.717, 1.165) is 5.56 Å². The number of halogens is 1. The predicted octanol–water partition coefficient (Wildman–Crippen LogP) is 4.29. The summed E-state index contributed by atoms with van der Waals surface area (Å²) in [5.74, 6) is -0.786. The zero-order valence-electron chi connectivity index (χ0n) is 15.7. The minimum absolute atomic E-state index is 0.0656. The number of hydrogen-bond acceptors (Lipinski definition) is 2. The van der Waals surface area contributed by atoms with Crippen molar-refractivity contribution in [3.05, 3.63) is 107 Å². The van der Waals surface area contributed by atoms with E-state index in [2.05, 4.69) is 5.32 Å². The van der Waals surface area contributed by atoms with Gasteiger partial charge in [0.15, 0.2) is 5.78 Å². The van der Waals surface area contributed by atoms with Crippen LogP contribution < -0.4 is 5.32 Å². The summed E-state index contributed by atoms with van der Waals surface area (Å²) in [5, 5.41) is 2.85. The molecule has 1 unspecified atom stereocenters. The Bertz CT molecular complexity index is 955. The van der Waals surface area contributed by atoms with Crippen LogP contribution in [0.5, 0.6) is 0 Å². The van der Waals surface area contributed by atoms with Crippen molar-refractivity contribution < 1.29 is 14.0 Å². The molecule has 0 aliphatic rings. The molecule has 3 aromatic rings. The van der Waals surface area contributed by atoms with E-state index < -0.39 is 6.04 Å². The van der Waals surface area contributed by atoms with Gasteiger partial charge in [0.05, 0.1) is 6.04 Å². The van der Waals surface area contributed by atoms with Crippen LogP contribution in [0.3, 0.4) is 0 Å². The Labute approximate surface area is 164 Å². The van der Waals surface area contributed by atoms with E-state index >= 15 is 0 Å². The second-order valence-corrected chi connectivity index (χ2v) is 6.75. The molecule has 142 valence electrons. The summed E-state index contributed by atoms with van der Waals surface area (Å²) in [6.07, 6.45) is 0.447. The van der Waals surface area contributed by atoms with Gasteiger partial charge in [0.25, 0.3) is 5.91 Å². The highest BCUT2D eigenvalue weighted by Gasteiger charge is 2.23. The summed E-state index contributed by atoms with van der Waals surface area (Å²) in [5.41, 5.74) is 2.54. The first-order valence-corrected chi connectivity index (χ1v) is 9.21. The molecule has 0 aliphatic carbocycles. The zero-order valence-corrected chi connectivity index (χ0v) is 15.7. The van der Waals surface area contributed by atoms with Gasteiger partial charge in [-0.2, -0.15) is 0 Å². The van der Waals surface area contributed by atoms with Crippen LogP contribution in [-0.4, -0.2) is 17.7 Å². The van der Waals surface area contributed by atoms with Crippen molar-refractivity contribution in [3.8, 4) is 0 Å². The van der Waals surface area contributed by atoms with Gasteiger partial charge in [0.1, 0.15) is 5.82 Å². The summed E-state index contributed by atoms with van der Waals surface area (Å²) in [6, 6.07) is 22.3. The van der Waals surface area contributed by atoms with E-state index in [0.29, 0.717) is 23.1 Å². The molecule has 3 rings (SSSR count). The van der Waals surface area contributed by atoms with Gasteiger partial charge in [-0.1, -0.05) is 60.7 Å². The van der Waals surface area contributed by atoms with Gasteiger partial charge < -0.3 is 5.32 Å². The van der Waals surface area contributed by atoms with Gasteiger partial charge in [-0.25, -0.2) is 4.39 Å². The lowest BCUT2D eigenvalue weighted by atomic mass is 9.95. The molecule has 0 saturated carbocycles. The SMILES string of the molecule is Cc1c(F)cccc1CC(=O)C(Cc1ccccc1)NC(=O)c1ccccc1. The normalized spacial score (nSPS) is 11.6. The smallest absolute Gasteiger partial charge is 0.251 e. The van der Waals surface area contributed by atoms with Crippen LogP contribution in [0, 0.1) is 12.7 Å². The lowest BCUT2D eigenvalue weighted by Crippen LogP contribution is -2.43. The molecule has 0 radical (unpaired) electrons. The van der Waals surface area contributed by atoms with Gasteiger partial charge in [0.2, 0.25) is 0 Å². The first kappa shape index (κ1) is 19.5. The van der Waals surface area contributed by atoms with Crippen molar-refractivity contribution in [3.63, 3.8) is 0 Å². The molecule has 3 aromatic carbocycles. The average molecular weight is 375 g/mol. The molecule has 0 fully saturated rings. The quantitative estimate of drug-likeness (QED) is 0.670. The molecule has 3 nitrogen and oxygen atoms in total. The maximum absolute atomic E-state index is 13.8. The molecule has 28 heavy (non-hydrogen) atoms. The molecular weight excluding hydrogens is 353 g/mol. The summed E-state index contributed by atoms with van der Waals surface area (Å²) in [6.45, 7) is 1.66. The fourth-order valence-electron chi connectivity index (χ4n) is 3.08. The Kier molecular flexibility index (Phi) is 6.33. The molecule has 0 spiro atoms. The Morgan fingerprint density at radius 3 is 2.21 bits per heavy atom. The van der Waals surface area contributed by atoms with Crippen LogP contribution in [0.1, 0.15) is 27.0 Å². The fourth-order valence-corrected chi connectivity index (χ4v) is 3.08. The second kappa shape index (κ2) is 9.09. The molecule has 0 heterocycles. The number of carbonyl (C=O) groups excluding carboxylic acids is 2. The summed E-state index contributed by atoms with van der Waals surface area (Å²) >= 11 is 0. The molecule has 0 aliphatic heterocycles. The number of rotatable bonds is 7. The highest BCUT2D eigenvalue weighted by atomic mass is 19.1. The standard InChI is InChI=1S/C24H22FNO2/c1-17-20(13-8-14-21(17)25)16-23(27)22(15-18-9-4-2-5-10-18)26-24(28)19-11-6-3-7-12-19/h2-14,22H,15-16H2,1H3,(H,26,28). The van der Waals surface area contributed by atoms with E-state index in [1.807, 2.05) is 36.4 Å². The third-order valence-corrected chi connectivity index (χ3v) is 4.76. The number of nitrogens with one attached hydrogen (secondary N) is 1. The van der Waals surface area contributed by atoms with Crippen molar-refractivity contribution in [1.29, 1.82) is 0 Å². The molecule has 4 heteroatoms. The third kappa shape index (κ3) is 4.92. The molecule has 0 bridgehead atoms. The number of carbonyl (C=O) groups is 2. The van der Waals surface area contributed by atoms with Crippen LogP contribution in [0.15, 0.2) is 78.9 Å². The monoisotopic (exact) mass is 375 g/mol. The lowest BCUT2D eigenvalue weighted by Gasteiger charge is -2.19. The van der Waals surface area contributed by atoms with Crippen molar-refractivity contribution in [2.24, 2.45) is 0 Å². The average Bonchev–Trinajstić information content (AvgIpc) is 2.72. The Morgan fingerprint density at radius 1 is 0.893 bits per heavy atom. The van der Waals surface area contributed by atoms with E-state index in [9.17, 15) is 14.0 Å². The second-order valence-electron chi connectivity index (χ2n) is 6.75. The topological polar surface area (TPSA) is 46.2 Å². The number of benzene rings is 3. The zero-order chi connectivity index (χ0) is 19.9. The number of amides is 1. The Hall–Kier alpha value is -3.27. The first-order chi connectivity index (χ1) is 13.5. The van der Waals surface area contributed by atoms with Crippen molar-refractivity contribution >= 4 is 11.7 Å². The molecule has 1 amide bonds. The predicted molar refractivity (Wildman–Crippen MR) is 108 cm³/mol. The van der Waals surface area contributed by atoms with E-state index in [1.165, 1.54) is 6.07 Å². The molecule has 1 N–H and O–H groups in total. The van der Waals surface area contributed by atoms with Gasteiger partial charge in [-0.15, -0.1) is 0 Å². The first-order valence-electron chi connectivity index (χ1n) is 9.21. The lowest BCUT2D eigenvalue weighted by molar-refractivity contribution is -0.120. The van der Waals surface area contributed by atoms with Crippen molar-refractivity contribution in [2.45, 2.75) is 25.8 Å². The van der Waals surface area contributed by atoms with Crippen LogP contribution in [-0.2, 0) is 17.6 Å². The van der Waals surface area contributed by atoms with Gasteiger partial charge in [-0.05, 0) is 48.2 Å². The maximum atomic E-state index is 13.8. The maximum Gasteiger partial charge on any atom is 0.251 e. The Morgan fingerprint density at radius 2 is 1.54 bits per heavy atom.